The smallest absolute Gasteiger partial charge is 0.113 e. The predicted octanol–water partition coefficient (Wildman–Crippen LogP) is 0.497. The Labute approximate surface area is 126 Å². The molecule has 1 fully saturated rings. The van der Waals surface area contributed by atoms with Crippen molar-refractivity contribution in [1.82, 2.24) is 41.9 Å². The second-order valence-electron chi connectivity index (χ2n) is 5.22. The van der Waals surface area contributed by atoms with Crippen LogP contribution in [0.1, 0.15) is 13.0 Å². The first-order valence-corrected chi connectivity index (χ1v) is 7.10. The minimum Gasteiger partial charge on any atom is -0.256 e. The zero-order valence-corrected chi connectivity index (χ0v) is 12.0. The van der Waals surface area contributed by atoms with E-state index in [1.807, 2.05) is 41.2 Å². The molecule has 1 aliphatic heterocycles. The molecular weight excluding hydrogens is 280 g/mol. The highest BCUT2D eigenvalue weighted by Crippen LogP contribution is 2.26. The summed E-state index contributed by atoms with van der Waals surface area (Å²) in [6, 6.07) is 10.1. The molecule has 3 aromatic rings. The molecule has 2 aromatic heterocycles. The molecule has 0 bridgehead atoms. The number of hydrazine groups is 3. The number of fused-ring (bicyclic) bond motifs is 1. The fourth-order valence-electron chi connectivity index (χ4n) is 2.58. The Morgan fingerprint density at radius 2 is 1.95 bits per heavy atom. The molecule has 22 heavy (non-hydrogen) atoms. The lowest BCUT2D eigenvalue weighted by atomic mass is 10.1. The maximum atomic E-state index is 4.38. The normalized spacial score (nSPS) is 17.1. The van der Waals surface area contributed by atoms with E-state index in [-0.39, 0.29) is 12.2 Å². The van der Waals surface area contributed by atoms with Crippen LogP contribution in [0, 0.1) is 0 Å². The highest BCUT2D eigenvalue weighted by atomic mass is 15.8. The zero-order chi connectivity index (χ0) is 14.9. The van der Waals surface area contributed by atoms with E-state index in [0.29, 0.717) is 0 Å². The van der Waals surface area contributed by atoms with Gasteiger partial charge in [-0.15, -0.1) is 5.10 Å². The zero-order valence-electron chi connectivity index (χ0n) is 12.0. The number of hydrogen-bond acceptors (Lipinski definition) is 7. The van der Waals surface area contributed by atoms with Gasteiger partial charge < -0.3 is 0 Å². The Kier molecular flexibility index (Phi) is 3.28. The third-order valence-corrected chi connectivity index (χ3v) is 3.85. The molecule has 0 aliphatic carbocycles. The van der Waals surface area contributed by atoms with Crippen molar-refractivity contribution in [3.05, 3.63) is 42.7 Å². The number of hydrogen-bond donors (Lipinski definition) is 4. The van der Waals surface area contributed by atoms with Crippen molar-refractivity contribution in [2.24, 2.45) is 0 Å². The van der Waals surface area contributed by atoms with Gasteiger partial charge in [0.05, 0.1) is 17.8 Å². The quantitative estimate of drug-likeness (QED) is 0.559. The Hall–Kier alpha value is -2.39. The van der Waals surface area contributed by atoms with Crippen LogP contribution < -0.4 is 21.9 Å². The fraction of sp³-hybridized carbons (Fsp3) is 0.214. The number of para-hydroxylation sites is 1. The van der Waals surface area contributed by atoms with E-state index in [9.17, 15) is 0 Å². The van der Waals surface area contributed by atoms with Crippen molar-refractivity contribution < 1.29 is 0 Å². The standard InChI is InChI=1S/C14H16N8/c1-9(14-17-19-20-18-14)22-8-13(16-21-22)11-6-7-15-12-5-3-2-4-10(11)12/h2-9,14,17-20H,1H3. The Bertz CT molecular complexity index is 787. The second kappa shape index (κ2) is 5.43. The van der Waals surface area contributed by atoms with Crippen LogP contribution in [0.25, 0.3) is 22.2 Å². The van der Waals surface area contributed by atoms with Crippen molar-refractivity contribution in [3.63, 3.8) is 0 Å². The molecule has 1 aliphatic rings. The van der Waals surface area contributed by atoms with Gasteiger partial charge in [0.25, 0.3) is 0 Å². The van der Waals surface area contributed by atoms with Gasteiger partial charge in [-0.05, 0) is 19.1 Å². The summed E-state index contributed by atoms with van der Waals surface area (Å²) >= 11 is 0. The van der Waals surface area contributed by atoms with Gasteiger partial charge >= 0.3 is 0 Å². The highest BCUT2D eigenvalue weighted by molar-refractivity contribution is 5.92. The average Bonchev–Trinajstić information content (AvgIpc) is 3.25. The first kappa shape index (κ1) is 13.3. The number of aromatic nitrogens is 4. The lowest BCUT2D eigenvalue weighted by molar-refractivity contribution is 0.337. The first-order valence-electron chi connectivity index (χ1n) is 7.10. The molecule has 4 rings (SSSR count). The molecule has 1 aromatic carbocycles. The van der Waals surface area contributed by atoms with Crippen molar-refractivity contribution in [2.75, 3.05) is 0 Å². The summed E-state index contributed by atoms with van der Waals surface area (Å²) in [7, 11) is 0. The first-order chi connectivity index (χ1) is 10.8. The van der Waals surface area contributed by atoms with Gasteiger partial charge in [0.2, 0.25) is 0 Å². The second-order valence-corrected chi connectivity index (χ2v) is 5.22. The molecule has 1 saturated heterocycles. The largest absolute Gasteiger partial charge is 0.256 e. The summed E-state index contributed by atoms with van der Waals surface area (Å²) in [6.07, 6.45) is 3.77. The number of rotatable bonds is 3. The molecule has 0 saturated carbocycles. The van der Waals surface area contributed by atoms with E-state index in [0.717, 1.165) is 22.2 Å². The van der Waals surface area contributed by atoms with E-state index in [4.69, 9.17) is 0 Å². The molecule has 1 atom stereocenters. The Balaban J connectivity index is 1.71. The monoisotopic (exact) mass is 296 g/mol. The highest BCUT2D eigenvalue weighted by Gasteiger charge is 2.23. The van der Waals surface area contributed by atoms with Gasteiger partial charge in [0.15, 0.2) is 0 Å². The topological polar surface area (TPSA) is 91.7 Å². The molecule has 4 N–H and O–H groups in total. The predicted molar refractivity (Wildman–Crippen MR) is 81.8 cm³/mol. The number of nitrogens with zero attached hydrogens (tertiary/aromatic N) is 4. The van der Waals surface area contributed by atoms with Crippen LogP contribution >= 0.6 is 0 Å². The van der Waals surface area contributed by atoms with Crippen molar-refractivity contribution in [1.29, 1.82) is 0 Å². The third-order valence-electron chi connectivity index (χ3n) is 3.85. The molecule has 0 spiro atoms. The van der Waals surface area contributed by atoms with Gasteiger partial charge in [0, 0.05) is 17.1 Å². The van der Waals surface area contributed by atoms with Crippen LogP contribution in [0.15, 0.2) is 42.7 Å². The van der Waals surface area contributed by atoms with Gasteiger partial charge in [-0.1, -0.05) is 23.4 Å². The number of benzene rings is 1. The summed E-state index contributed by atoms with van der Waals surface area (Å²) in [4.78, 5) is 4.38. The van der Waals surface area contributed by atoms with Crippen LogP contribution in [0.3, 0.4) is 0 Å². The maximum Gasteiger partial charge on any atom is 0.113 e. The lowest BCUT2D eigenvalue weighted by Crippen LogP contribution is -2.41. The summed E-state index contributed by atoms with van der Waals surface area (Å²) in [5.41, 5.74) is 14.6. The average molecular weight is 296 g/mol. The van der Waals surface area contributed by atoms with Crippen LogP contribution in [-0.2, 0) is 0 Å². The van der Waals surface area contributed by atoms with Gasteiger partial charge in [-0.25, -0.2) is 15.5 Å². The van der Waals surface area contributed by atoms with E-state index in [1.54, 1.807) is 6.20 Å². The molecule has 0 radical (unpaired) electrons. The molecule has 8 heteroatoms. The van der Waals surface area contributed by atoms with Crippen molar-refractivity contribution in [2.45, 2.75) is 19.1 Å². The third kappa shape index (κ3) is 2.24. The van der Waals surface area contributed by atoms with Crippen molar-refractivity contribution in [3.8, 4) is 11.3 Å². The Morgan fingerprint density at radius 1 is 1.14 bits per heavy atom. The summed E-state index contributed by atoms with van der Waals surface area (Å²) in [5.74, 6) is 0. The Morgan fingerprint density at radius 3 is 2.82 bits per heavy atom. The fourth-order valence-corrected chi connectivity index (χ4v) is 2.58. The molecule has 8 nitrogen and oxygen atoms in total. The molecule has 3 heterocycles. The number of pyridine rings is 1. The summed E-state index contributed by atoms with van der Waals surface area (Å²) in [5, 5.41) is 9.65. The van der Waals surface area contributed by atoms with E-state index in [1.165, 1.54) is 0 Å². The van der Waals surface area contributed by atoms with E-state index >= 15 is 0 Å². The van der Waals surface area contributed by atoms with Crippen LogP contribution in [0.4, 0.5) is 0 Å². The van der Waals surface area contributed by atoms with Gasteiger partial charge in [-0.2, -0.15) is 11.1 Å². The lowest BCUT2D eigenvalue weighted by Gasteiger charge is -2.17. The molecule has 0 amide bonds. The van der Waals surface area contributed by atoms with Gasteiger partial charge in [-0.3, -0.25) is 4.98 Å². The molecule has 1 unspecified atom stereocenters. The van der Waals surface area contributed by atoms with Crippen LogP contribution in [0.2, 0.25) is 0 Å². The summed E-state index contributed by atoms with van der Waals surface area (Å²) in [6.45, 7) is 2.06. The minimum absolute atomic E-state index is 0.0173. The van der Waals surface area contributed by atoms with Crippen molar-refractivity contribution >= 4 is 10.9 Å². The van der Waals surface area contributed by atoms with Gasteiger partial charge in [0.1, 0.15) is 11.9 Å². The van der Waals surface area contributed by atoms with Crippen LogP contribution in [-0.4, -0.2) is 26.1 Å². The number of nitrogens with one attached hydrogen (secondary N) is 4. The van der Waals surface area contributed by atoms with E-state index in [2.05, 4.69) is 44.1 Å². The SMILES string of the molecule is CC(C1NNNN1)n1cc(-c2ccnc3ccccc23)nn1. The van der Waals surface area contributed by atoms with E-state index < -0.39 is 0 Å². The maximum absolute atomic E-state index is 4.38. The minimum atomic E-state index is 0.0173. The molecular formula is C14H16N8. The summed E-state index contributed by atoms with van der Waals surface area (Å²) < 4.78 is 1.84. The van der Waals surface area contributed by atoms with Crippen LogP contribution in [0.5, 0.6) is 0 Å². The molecule has 112 valence electrons.